The number of aryl methyl sites for hydroxylation is 1. The van der Waals surface area contributed by atoms with Crippen LogP contribution in [0.25, 0.3) is 10.2 Å². The first-order valence-electron chi connectivity index (χ1n) is 6.94. The number of carboxylic acids is 1. The smallest absolute Gasteiger partial charge is 0.303 e. The summed E-state index contributed by atoms with van der Waals surface area (Å²) in [5.41, 5.74) is 0. The molecular weight excluding hydrogens is 304 g/mol. The van der Waals surface area contributed by atoms with Gasteiger partial charge in [0, 0.05) is 17.8 Å². The minimum absolute atomic E-state index is 0.0444. The zero-order valence-corrected chi connectivity index (χ0v) is 13.2. The molecule has 0 aliphatic heterocycles. The topological polar surface area (TPSA) is 104 Å². The molecule has 0 fully saturated rings. The van der Waals surface area contributed by atoms with Gasteiger partial charge in [-0.05, 0) is 26.3 Å². The first-order chi connectivity index (χ1) is 10.5. The van der Waals surface area contributed by atoms with Gasteiger partial charge in [0.15, 0.2) is 0 Å². The second-order valence-corrected chi connectivity index (χ2v) is 6.19. The molecule has 0 saturated carbocycles. The molecule has 0 spiro atoms. The number of hydrogen-bond acceptors (Lipinski definition) is 6. The van der Waals surface area contributed by atoms with Gasteiger partial charge in [-0.1, -0.05) is 0 Å². The van der Waals surface area contributed by atoms with E-state index in [9.17, 15) is 9.59 Å². The molecule has 2 aromatic heterocycles. The number of carboxylic acid groups (broad SMARTS) is 1. The number of fused-ring (bicyclic) bond motifs is 1. The second kappa shape index (κ2) is 7.17. The summed E-state index contributed by atoms with van der Waals surface area (Å²) >= 11 is 1.57. The maximum absolute atomic E-state index is 12.0. The standard InChI is InChI=1S/C14H18N4O3S/c1-8-6-10-12(16-7-17-14(10)22-8)18-9(2)13(21)15-5-3-4-11(19)20/h6-7,9H,3-5H2,1-2H3,(H,15,21)(H,19,20)(H,16,17,18). The lowest BCUT2D eigenvalue weighted by Crippen LogP contribution is -2.38. The fourth-order valence-corrected chi connectivity index (χ4v) is 2.81. The molecule has 0 bridgehead atoms. The van der Waals surface area contributed by atoms with E-state index in [2.05, 4.69) is 20.6 Å². The molecule has 2 aromatic rings. The predicted molar refractivity (Wildman–Crippen MR) is 85.1 cm³/mol. The van der Waals surface area contributed by atoms with Crippen LogP contribution < -0.4 is 10.6 Å². The molecular formula is C14H18N4O3S. The highest BCUT2D eigenvalue weighted by molar-refractivity contribution is 7.18. The van der Waals surface area contributed by atoms with Gasteiger partial charge in [-0.25, -0.2) is 9.97 Å². The van der Waals surface area contributed by atoms with Gasteiger partial charge in [-0.2, -0.15) is 0 Å². The van der Waals surface area contributed by atoms with E-state index in [1.165, 1.54) is 6.33 Å². The highest BCUT2D eigenvalue weighted by Crippen LogP contribution is 2.27. The molecule has 2 heterocycles. The van der Waals surface area contributed by atoms with Crippen LogP contribution in [0.2, 0.25) is 0 Å². The minimum atomic E-state index is -0.864. The highest BCUT2D eigenvalue weighted by Gasteiger charge is 2.15. The molecule has 0 radical (unpaired) electrons. The minimum Gasteiger partial charge on any atom is -0.481 e. The van der Waals surface area contributed by atoms with Crippen molar-refractivity contribution >= 4 is 39.2 Å². The number of nitrogens with one attached hydrogen (secondary N) is 2. The maximum Gasteiger partial charge on any atom is 0.303 e. The number of nitrogens with zero attached hydrogens (tertiary/aromatic N) is 2. The van der Waals surface area contributed by atoms with Gasteiger partial charge < -0.3 is 15.7 Å². The first kappa shape index (κ1) is 16.2. The van der Waals surface area contributed by atoms with Crippen LogP contribution in [0.5, 0.6) is 0 Å². The van der Waals surface area contributed by atoms with Crippen LogP contribution in [-0.4, -0.2) is 39.5 Å². The van der Waals surface area contributed by atoms with Crippen LogP contribution >= 0.6 is 11.3 Å². The molecule has 0 saturated heterocycles. The van der Waals surface area contributed by atoms with Crippen molar-refractivity contribution in [2.24, 2.45) is 0 Å². The third-order valence-corrected chi connectivity index (χ3v) is 4.02. The van der Waals surface area contributed by atoms with Crippen molar-refractivity contribution in [3.8, 4) is 0 Å². The summed E-state index contributed by atoms with van der Waals surface area (Å²) in [6.07, 6.45) is 1.93. The van der Waals surface area contributed by atoms with Crippen LogP contribution in [0.4, 0.5) is 5.82 Å². The molecule has 1 amide bonds. The molecule has 22 heavy (non-hydrogen) atoms. The van der Waals surface area contributed by atoms with Gasteiger partial charge in [0.1, 0.15) is 23.0 Å². The van der Waals surface area contributed by atoms with Gasteiger partial charge in [0.05, 0.1) is 5.39 Å². The van der Waals surface area contributed by atoms with Crippen molar-refractivity contribution in [1.29, 1.82) is 0 Å². The zero-order valence-electron chi connectivity index (χ0n) is 12.4. The van der Waals surface area contributed by atoms with E-state index in [1.54, 1.807) is 18.3 Å². The summed E-state index contributed by atoms with van der Waals surface area (Å²) in [5, 5.41) is 15.2. The van der Waals surface area contributed by atoms with Gasteiger partial charge in [-0.15, -0.1) is 11.3 Å². The average molecular weight is 322 g/mol. The number of aromatic nitrogens is 2. The number of carbonyl (C=O) groups is 2. The summed E-state index contributed by atoms with van der Waals surface area (Å²) in [5.74, 6) is -0.428. The third-order valence-electron chi connectivity index (χ3n) is 3.07. The summed E-state index contributed by atoms with van der Waals surface area (Å²) < 4.78 is 0. The first-order valence-corrected chi connectivity index (χ1v) is 7.76. The van der Waals surface area contributed by atoms with Crippen molar-refractivity contribution in [1.82, 2.24) is 15.3 Å². The highest BCUT2D eigenvalue weighted by atomic mass is 32.1. The Kier molecular flexibility index (Phi) is 5.26. The second-order valence-electron chi connectivity index (χ2n) is 4.95. The van der Waals surface area contributed by atoms with E-state index < -0.39 is 12.0 Å². The van der Waals surface area contributed by atoms with Gasteiger partial charge in [0.2, 0.25) is 5.91 Å². The zero-order chi connectivity index (χ0) is 16.1. The molecule has 1 atom stereocenters. The molecule has 0 aromatic carbocycles. The quantitative estimate of drug-likeness (QED) is 0.671. The number of aliphatic carboxylic acids is 1. The van der Waals surface area contributed by atoms with Crippen molar-refractivity contribution in [2.75, 3.05) is 11.9 Å². The lowest BCUT2D eigenvalue weighted by molar-refractivity contribution is -0.137. The van der Waals surface area contributed by atoms with E-state index in [1.807, 2.05) is 13.0 Å². The summed E-state index contributed by atoms with van der Waals surface area (Å²) in [6, 6.07) is 1.52. The monoisotopic (exact) mass is 322 g/mol. The van der Waals surface area contributed by atoms with Crippen LogP contribution in [0.15, 0.2) is 12.4 Å². The summed E-state index contributed by atoms with van der Waals surface area (Å²) in [6.45, 7) is 4.07. The number of rotatable bonds is 7. The van der Waals surface area contributed by atoms with Crippen LogP contribution in [0, 0.1) is 6.92 Å². The Morgan fingerprint density at radius 2 is 2.18 bits per heavy atom. The largest absolute Gasteiger partial charge is 0.481 e. The Morgan fingerprint density at radius 3 is 2.91 bits per heavy atom. The van der Waals surface area contributed by atoms with Crippen LogP contribution in [-0.2, 0) is 9.59 Å². The number of carbonyl (C=O) groups excluding carboxylic acids is 1. The fraction of sp³-hybridized carbons (Fsp3) is 0.429. The Bertz CT molecular complexity index is 686. The van der Waals surface area contributed by atoms with Crippen molar-refractivity contribution < 1.29 is 14.7 Å². The third kappa shape index (κ3) is 4.14. The molecule has 3 N–H and O–H groups in total. The van der Waals surface area contributed by atoms with Gasteiger partial charge in [0.25, 0.3) is 0 Å². The maximum atomic E-state index is 12.0. The number of hydrogen-bond donors (Lipinski definition) is 3. The van der Waals surface area contributed by atoms with Crippen molar-refractivity contribution in [3.05, 3.63) is 17.3 Å². The Balaban J connectivity index is 1.94. The summed E-state index contributed by atoms with van der Waals surface area (Å²) in [7, 11) is 0. The Hall–Kier alpha value is -2.22. The fourth-order valence-electron chi connectivity index (χ4n) is 1.97. The number of anilines is 1. The van der Waals surface area contributed by atoms with Crippen molar-refractivity contribution in [2.45, 2.75) is 32.7 Å². The summed E-state index contributed by atoms with van der Waals surface area (Å²) in [4.78, 5) is 32.8. The SMILES string of the molecule is Cc1cc2c(NC(C)C(=O)NCCCC(=O)O)ncnc2s1. The molecule has 0 aliphatic rings. The van der Waals surface area contributed by atoms with Gasteiger partial charge >= 0.3 is 5.97 Å². The van der Waals surface area contributed by atoms with E-state index >= 15 is 0 Å². The lowest BCUT2D eigenvalue weighted by atomic mass is 10.2. The molecule has 8 heteroatoms. The van der Waals surface area contributed by atoms with E-state index in [4.69, 9.17) is 5.11 Å². The molecule has 2 rings (SSSR count). The van der Waals surface area contributed by atoms with Gasteiger partial charge in [-0.3, -0.25) is 9.59 Å². The Labute approximate surface area is 131 Å². The van der Waals surface area contributed by atoms with Crippen LogP contribution in [0.3, 0.4) is 0 Å². The molecule has 0 aliphatic carbocycles. The Morgan fingerprint density at radius 1 is 1.41 bits per heavy atom. The average Bonchev–Trinajstić information content (AvgIpc) is 2.84. The number of amides is 1. The van der Waals surface area contributed by atoms with E-state index in [0.717, 1.165) is 15.1 Å². The lowest BCUT2D eigenvalue weighted by Gasteiger charge is -2.14. The normalized spacial score (nSPS) is 12.1. The van der Waals surface area contributed by atoms with E-state index in [-0.39, 0.29) is 12.3 Å². The molecule has 7 nitrogen and oxygen atoms in total. The van der Waals surface area contributed by atoms with Crippen molar-refractivity contribution in [3.63, 3.8) is 0 Å². The molecule has 118 valence electrons. The predicted octanol–water partition coefficient (Wildman–Crippen LogP) is 1.78. The number of thiophene rings is 1. The van der Waals surface area contributed by atoms with E-state index in [0.29, 0.717) is 18.8 Å². The van der Waals surface area contributed by atoms with Crippen LogP contribution in [0.1, 0.15) is 24.6 Å². The molecule has 1 unspecified atom stereocenters.